The fourth-order valence-electron chi connectivity index (χ4n) is 2.00. The number of aromatic amines is 1. The van der Waals surface area contributed by atoms with Gasteiger partial charge in [-0.15, -0.1) is 5.10 Å². The van der Waals surface area contributed by atoms with E-state index in [1.54, 1.807) is 36.6 Å². The maximum absolute atomic E-state index is 10.2. The molecule has 8 heteroatoms. The summed E-state index contributed by atoms with van der Waals surface area (Å²) in [5.41, 5.74) is 0.504. The van der Waals surface area contributed by atoms with Gasteiger partial charge in [0.1, 0.15) is 0 Å². The summed E-state index contributed by atoms with van der Waals surface area (Å²) in [6.07, 6.45) is 3.02. The Morgan fingerprint density at radius 2 is 2.30 bits per heavy atom. The van der Waals surface area contributed by atoms with E-state index in [2.05, 4.69) is 15.3 Å². The SMILES string of the molecule is CCOc1cccc(/C=N/n2c(-c3ccco3)n[nH]c2=S)c1O. The Kier molecular flexibility index (Phi) is 4.24. The maximum Gasteiger partial charge on any atom is 0.219 e. The van der Waals surface area contributed by atoms with E-state index in [0.29, 0.717) is 34.3 Å². The number of furan rings is 1. The molecule has 1 aromatic carbocycles. The van der Waals surface area contributed by atoms with Crippen LogP contribution in [0.1, 0.15) is 12.5 Å². The van der Waals surface area contributed by atoms with Crippen LogP contribution < -0.4 is 4.74 Å². The lowest BCUT2D eigenvalue weighted by atomic mass is 10.2. The third-order valence-corrected chi connectivity index (χ3v) is 3.30. The van der Waals surface area contributed by atoms with Gasteiger partial charge >= 0.3 is 0 Å². The first-order valence-corrected chi connectivity index (χ1v) is 7.32. The third kappa shape index (κ3) is 3.02. The number of rotatable bonds is 5. The molecule has 0 aliphatic carbocycles. The average molecular weight is 330 g/mol. The highest BCUT2D eigenvalue weighted by molar-refractivity contribution is 7.71. The number of hydrogen-bond donors (Lipinski definition) is 2. The summed E-state index contributed by atoms with van der Waals surface area (Å²) in [7, 11) is 0. The second-order valence-electron chi connectivity index (χ2n) is 4.51. The lowest BCUT2D eigenvalue weighted by molar-refractivity contribution is 0.318. The van der Waals surface area contributed by atoms with Crippen LogP contribution >= 0.6 is 12.2 Å². The van der Waals surface area contributed by atoms with Crippen LogP contribution in [0.5, 0.6) is 11.5 Å². The van der Waals surface area contributed by atoms with E-state index >= 15 is 0 Å². The molecule has 0 amide bonds. The molecule has 0 saturated carbocycles. The first-order chi connectivity index (χ1) is 11.2. The molecular weight excluding hydrogens is 316 g/mol. The molecule has 0 aliphatic heterocycles. The highest BCUT2D eigenvalue weighted by Crippen LogP contribution is 2.28. The Bertz CT molecular complexity index is 881. The number of aromatic nitrogens is 3. The predicted molar refractivity (Wildman–Crippen MR) is 87.4 cm³/mol. The van der Waals surface area contributed by atoms with Gasteiger partial charge < -0.3 is 14.3 Å². The lowest BCUT2D eigenvalue weighted by Crippen LogP contribution is -1.96. The number of aromatic hydroxyl groups is 1. The Morgan fingerprint density at radius 1 is 1.43 bits per heavy atom. The second-order valence-corrected chi connectivity index (χ2v) is 4.90. The highest BCUT2D eigenvalue weighted by atomic mass is 32.1. The summed E-state index contributed by atoms with van der Waals surface area (Å²) in [4.78, 5) is 0. The topological polar surface area (TPSA) is 88.6 Å². The van der Waals surface area contributed by atoms with Gasteiger partial charge in [-0.3, -0.25) is 0 Å². The minimum atomic E-state index is 0.0210. The number of hydrogen-bond acceptors (Lipinski definition) is 6. The number of phenolic OH excluding ortho intramolecular Hbond substituents is 1. The van der Waals surface area contributed by atoms with E-state index in [1.165, 1.54) is 10.9 Å². The molecule has 0 fully saturated rings. The number of phenols is 1. The van der Waals surface area contributed by atoms with Crippen molar-refractivity contribution in [1.29, 1.82) is 0 Å². The Balaban J connectivity index is 1.97. The van der Waals surface area contributed by atoms with Gasteiger partial charge in [-0.05, 0) is 43.4 Å². The van der Waals surface area contributed by atoms with Crippen molar-refractivity contribution < 1.29 is 14.3 Å². The van der Waals surface area contributed by atoms with Crippen LogP contribution in [0.25, 0.3) is 11.6 Å². The van der Waals surface area contributed by atoms with Gasteiger partial charge in [-0.2, -0.15) is 9.78 Å². The molecule has 0 aliphatic rings. The fraction of sp³-hybridized carbons (Fsp3) is 0.133. The number of benzene rings is 1. The molecule has 0 radical (unpaired) electrons. The molecular formula is C15H14N4O3S. The first kappa shape index (κ1) is 15.0. The zero-order valence-electron chi connectivity index (χ0n) is 12.3. The van der Waals surface area contributed by atoms with Crippen molar-refractivity contribution in [3.05, 3.63) is 46.9 Å². The fourth-order valence-corrected chi connectivity index (χ4v) is 2.18. The summed E-state index contributed by atoms with van der Waals surface area (Å²) in [6, 6.07) is 8.68. The number of ether oxygens (including phenoxy) is 1. The highest BCUT2D eigenvalue weighted by Gasteiger charge is 2.11. The Morgan fingerprint density at radius 3 is 3.04 bits per heavy atom. The van der Waals surface area contributed by atoms with Crippen LogP contribution in [0.15, 0.2) is 46.1 Å². The van der Waals surface area contributed by atoms with E-state index < -0.39 is 0 Å². The molecule has 2 aromatic heterocycles. The van der Waals surface area contributed by atoms with Crippen molar-refractivity contribution >= 4 is 18.4 Å². The molecule has 0 atom stereocenters. The predicted octanol–water partition coefficient (Wildman–Crippen LogP) is 3.19. The van der Waals surface area contributed by atoms with Gasteiger partial charge in [0, 0.05) is 5.56 Å². The zero-order valence-corrected chi connectivity index (χ0v) is 13.1. The summed E-state index contributed by atoms with van der Waals surface area (Å²) in [6.45, 7) is 2.31. The van der Waals surface area contributed by atoms with E-state index in [-0.39, 0.29) is 5.75 Å². The molecule has 0 unspecified atom stereocenters. The van der Waals surface area contributed by atoms with Crippen molar-refractivity contribution in [3.8, 4) is 23.1 Å². The van der Waals surface area contributed by atoms with Gasteiger partial charge in [0.25, 0.3) is 0 Å². The van der Waals surface area contributed by atoms with Gasteiger partial charge in [0.15, 0.2) is 17.3 Å². The molecule has 3 rings (SSSR count). The molecule has 23 heavy (non-hydrogen) atoms. The van der Waals surface area contributed by atoms with Crippen molar-refractivity contribution in [2.24, 2.45) is 5.10 Å². The smallest absolute Gasteiger partial charge is 0.219 e. The third-order valence-electron chi connectivity index (χ3n) is 3.03. The van der Waals surface area contributed by atoms with Gasteiger partial charge in [-0.1, -0.05) is 6.07 Å². The van der Waals surface area contributed by atoms with Crippen molar-refractivity contribution in [2.45, 2.75) is 6.92 Å². The van der Waals surface area contributed by atoms with Crippen LogP contribution in [0, 0.1) is 4.77 Å². The molecule has 0 bridgehead atoms. The molecule has 0 saturated heterocycles. The zero-order chi connectivity index (χ0) is 16.2. The van der Waals surface area contributed by atoms with E-state index in [0.717, 1.165) is 0 Å². The van der Waals surface area contributed by atoms with Crippen molar-refractivity contribution in [1.82, 2.24) is 14.9 Å². The number of para-hydroxylation sites is 1. The summed E-state index contributed by atoms with van der Waals surface area (Å²) in [5.74, 6) is 1.39. The Labute approximate surface area is 136 Å². The summed E-state index contributed by atoms with van der Waals surface area (Å²) < 4.78 is 12.4. The first-order valence-electron chi connectivity index (χ1n) is 6.91. The lowest BCUT2D eigenvalue weighted by Gasteiger charge is -2.07. The molecule has 0 spiro atoms. The molecule has 2 heterocycles. The van der Waals surface area contributed by atoms with E-state index in [4.69, 9.17) is 21.4 Å². The largest absolute Gasteiger partial charge is 0.504 e. The molecule has 7 nitrogen and oxygen atoms in total. The number of nitrogens with zero attached hydrogens (tertiary/aromatic N) is 3. The van der Waals surface area contributed by atoms with E-state index in [9.17, 15) is 5.11 Å². The average Bonchev–Trinajstić information content (AvgIpc) is 3.18. The summed E-state index contributed by atoms with van der Waals surface area (Å²) in [5, 5.41) is 21.2. The van der Waals surface area contributed by atoms with Crippen LogP contribution in [0.3, 0.4) is 0 Å². The van der Waals surface area contributed by atoms with Crippen LogP contribution in [-0.4, -0.2) is 32.8 Å². The minimum absolute atomic E-state index is 0.0210. The quantitative estimate of drug-likeness (QED) is 0.554. The molecule has 3 aromatic rings. The van der Waals surface area contributed by atoms with Crippen molar-refractivity contribution in [2.75, 3.05) is 6.61 Å². The van der Waals surface area contributed by atoms with Crippen LogP contribution in [0.4, 0.5) is 0 Å². The van der Waals surface area contributed by atoms with Crippen molar-refractivity contribution in [3.63, 3.8) is 0 Å². The molecule has 118 valence electrons. The normalized spacial score (nSPS) is 11.2. The summed E-state index contributed by atoms with van der Waals surface area (Å²) >= 11 is 5.16. The van der Waals surface area contributed by atoms with Crippen LogP contribution in [0.2, 0.25) is 0 Å². The monoisotopic (exact) mass is 330 g/mol. The maximum atomic E-state index is 10.2. The second kappa shape index (κ2) is 6.49. The van der Waals surface area contributed by atoms with E-state index in [1.807, 2.05) is 6.92 Å². The number of H-pyrrole nitrogens is 1. The Hall–Kier alpha value is -2.87. The van der Waals surface area contributed by atoms with Gasteiger partial charge in [0.05, 0.1) is 19.1 Å². The van der Waals surface area contributed by atoms with Crippen LogP contribution in [-0.2, 0) is 0 Å². The van der Waals surface area contributed by atoms with Gasteiger partial charge in [-0.25, -0.2) is 5.10 Å². The standard InChI is InChI=1S/C15H14N4O3S/c1-2-21-11-6-3-5-10(13(11)20)9-16-19-14(17-18-15(19)23)12-7-4-8-22-12/h3-9,20H,2H2,1H3,(H,18,23)/b16-9+. The number of nitrogens with one attached hydrogen (secondary N) is 1. The minimum Gasteiger partial charge on any atom is -0.504 e. The van der Waals surface area contributed by atoms with Gasteiger partial charge in [0.2, 0.25) is 10.6 Å². The molecule has 2 N–H and O–H groups in total.